The molecule has 0 heterocycles. The standard InChI is InChI=1S/C19H16Cl2O2/c1-23-18(22)19(14-9-10-16(20)17(21)11-14)12-15(19)8-7-13-5-3-2-4-6-13/h2-11,15H,12H2,1H3/b8-7+/t15?,19-/m1/s1. The molecule has 0 aliphatic heterocycles. The number of allylic oxidation sites excluding steroid dienone is 1. The lowest BCUT2D eigenvalue weighted by Crippen LogP contribution is -2.24. The first-order chi connectivity index (χ1) is 11.1. The number of esters is 1. The van der Waals surface area contributed by atoms with Crippen LogP contribution < -0.4 is 0 Å². The van der Waals surface area contributed by atoms with E-state index in [1.165, 1.54) is 7.11 Å². The lowest BCUT2D eigenvalue weighted by molar-refractivity contribution is -0.144. The van der Waals surface area contributed by atoms with Gasteiger partial charge in [-0.3, -0.25) is 4.79 Å². The zero-order chi connectivity index (χ0) is 16.4. The van der Waals surface area contributed by atoms with Crippen LogP contribution in [0.3, 0.4) is 0 Å². The Hall–Kier alpha value is -1.77. The molecular formula is C19H16Cl2O2. The van der Waals surface area contributed by atoms with Crippen LogP contribution >= 0.6 is 23.2 Å². The van der Waals surface area contributed by atoms with E-state index < -0.39 is 5.41 Å². The summed E-state index contributed by atoms with van der Waals surface area (Å²) in [5.74, 6) is -0.147. The summed E-state index contributed by atoms with van der Waals surface area (Å²) < 4.78 is 5.04. The van der Waals surface area contributed by atoms with Gasteiger partial charge in [-0.05, 0) is 35.6 Å². The number of carbonyl (C=O) groups excluding carboxylic acids is 1. The average Bonchev–Trinajstić information content (AvgIpc) is 3.31. The number of methoxy groups -OCH3 is 1. The number of benzene rings is 2. The zero-order valence-corrected chi connectivity index (χ0v) is 14.1. The van der Waals surface area contributed by atoms with E-state index in [-0.39, 0.29) is 11.9 Å². The van der Waals surface area contributed by atoms with E-state index in [1.807, 2.05) is 42.5 Å². The minimum absolute atomic E-state index is 0.0902. The number of ether oxygens (including phenoxy) is 1. The van der Waals surface area contributed by atoms with Gasteiger partial charge in [0.05, 0.1) is 22.6 Å². The van der Waals surface area contributed by atoms with E-state index in [2.05, 4.69) is 6.08 Å². The van der Waals surface area contributed by atoms with Crippen LogP contribution in [0.1, 0.15) is 17.5 Å². The summed E-state index contributed by atoms with van der Waals surface area (Å²) >= 11 is 12.1. The number of rotatable bonds is 4. The quantitative estimate of drug-likeness (QED) is 0.716. The van der Waals surface area contributed by atoms with Crippen molar-refractivity contribution in [3.05, 3.63) is 75.8 Å². The summed E-state index contributed by atoms with van der Waals surface area (Å²) in [4.78, 5) is 12.4. The normalized spacial score (nSPS) is 23.0. The van der Waals surface area contributed by atoms with Gasteiger partial charge >= 0.3 is 5.97 Å². The van der Waals surface area contributed by atoms with Gasteiger partial charge in [-0.25, -0.2) is 0 Å². The molecule has 1 aliphatic carbocycles. The van der Waals surface area contributed by atoms with Gasteiger partial charge in [0.1, 0.15) is 0 Å². The Morgan fingerprint density at radius 2 is 1.91 bits per heavy atom. The molecule has 4 heteroatoms. The van der Waals surface area contributed by atoms with Gasteiger partial charge in [0.25, 0.3) is 0 Å². The first kappa shape index (κ1) is 16.1. The van der Waals surface area contributed by atoms with Crippen molar-refractivity contribution in [2.75, 3.05) is 7.11 Å². The molecule has 2 atom stereocenters. The van der Waals surface area contributed by atoms with Crippen molar-refractivity contribution in [1.82, 2.24) is 0 Å². The fourth-order valence-corrected chi connectivity index (χ4v) is 3.25. The Bertz CT molecular complexity index is 755. The molecule has 0 aromatic heterocycles. The van der Waals surface area contributed by atoms with Crippen LogP contribution in [0.5, 0.6) is 0 Å². The molecule has 0 bridgehead atoms. The molecule has 0 radical (unpaired) electrons. The number of hydrogen-bond donors (Lipinski definition) is 0. The molecule has 2 aromatic rings. The van der Waals surface area contributed by atoms with Crippen molar-refractivity contribution in [2.24, 2.45) is 5.92 Å². The molecule has 118 valence electrons. The van der Waals surface area contributed by atoms with Crippen molar-refractivity contribution < 1.29 is 9.53 Å². The highest BCUT2D eigenvalue weighted by atomic mass is 35.5. The van der Waals surface area contributed by atoms with Gasteiger partial charge in [0.2, 0.25) is 0 Å². The maximum Gasteiger partial charge on any atom is 0.316 e. The summed E-state index contributed by atoms with van der Waals surface area (Å²) in [5.41, 5.74) is 1.29. The predicted octanol–water partition coefficient (Wildman–Crippen LogP) is 5.14. The van der Waals surface area contributed by atoms with E-state index in [4.69, 9.17) is 27.9 Å². The predicted molar refractivity (Wildman–Crippen MR) is 93.7 cm³/mol. The second-order valence-corrected chi connectivity index (χ2v) is 6.49. The first-order valence-electron chi connectivity index (χ1n) is 7.35. The number of carbonyl (C=O) groups is 1. The maximum atomic E-state index is 12.4. The topological polar surface area (TPSA) is 26.3 Å². The molecule has 2 nitrogen and oxygen atoms in total. The lowest BCUT2D eigenvalue weighted by atomic mass is 9.93. The average molecular weight is 347 g/mol. The molecule has 1 unspecified atom stereocenters. The second-order valence-electron chi connectivity index (χ2n) is 5.67. The van der Waals surface area contributed by atoms with Gasteiger partial charge in [-0.1, -0.05) is 71.8 Å². The van der Waals surface area contributed by atoms with Crippen LogP contribution in [0.4, 0.5) is 0 Å². The Morgan fingerprint density at radius 1 is 1.17 bits per heavy atom. The Morgan fingerprint density at radius 3 is 2.57 bits per heavy atom. The van der Waals surface area contributed by atoms with Gasteiger partial charge in [-0.2, -0.15) is 0 Å². The van der Waals surface area contributed by atoms with E-state index in [0.717, 1.165) is 11.1 Å². The Labute approximate surface area is 145 Å². The monoisotopic (exact) mass is 346 g/mol. The highest BCUT2D eigenvalue weighted by Gasteiger charge is 2.61. The third kappa shape index (κ3) is 3.01. The number of hydrogen-bond acceptors (Lipinski definition) is 2. The molecule has 3 rings (SSSR count). The fourth-order valence-electron chi connectivity index (χ4n) is 2.95. The summed E-state index contributed by atoms with van der Waals surface area (Å²) in [5, 5.41) is 0.928. The Balaban J connectivity index is 1.90. The summed E-state index contributed by atoms with van der Waals surface area (Å²) in [6.07, 6.45) is 4.81. The van der Waals surface area contributed by atoms with Gasteiger partial charge < -0.3 is 4.74 Å². The van der Waals surface area contributed by atoms with Gasteiger partial charge in [0, 0.05) is 0 Å². The van der Waals surface area contributed by atoms with Gasteiger partial charge in [0.15, 0.2) is 0 Å². The highest BCUT2D eigenvalue weighted by molar-refractivity contribution is 6.42. The highest BCUT2D eigenvalue weighted by Crippen LogP contribution is 2.56. The lowest BCUT2D eigenvalue weighted by Gasteiger charge is -2.15. The minimum atomic E-state index is -0.658. The second kappa shape index (κ2) is 6.38. The maximum absolute atomic E-state index is 12.4. The molecule has 0 amide bonds. The number of halogens is 2. The summed E-state index contributed by atoms with van der Waals surface area (Å²) in [6.45, 7) is 0. The molecule has 0 spiro atoms. The molecule has 23 heavy (non-hydrogen) atoms. The van der Waals surface area contributed by atoms with Crippen molar-refractivity contribution in [3.63, 3.8) is 0 Å². The third-order valence-corrected chi connectivity index (χ3v) is 5.06. The van der Waals surface area contributed by atoms with Crippen molar-refractivity contribution in [2.45, 2.75) is 11.8 Å². The smallest absolute Gasteiger partial charge is 0.316 e. The van der Waals surface area contributed by atoms with E-state index in [1.54, 1.807) is 12.1 Å². The Kier molecular flexibility index (Phi) is 4.47. The molecule has 0 N–H and O–H groups in total. The zero-order valence-electron chi connectivity index (χ0n) is 12.6. The van der Waals surface area contributed by atoms with E-state index >= 15 is 0 Å². The van der Waals surface area contributed by atoms with Crippen LogP contribution in [0.15, 0.2) is 54.6 Å². The van der Waals surface area contributed by atoms with Crippen LogP contribution in [0.25, 0.3) is 6.08 Å². The molecular weight excluding hydrogens is 331 g/mol. The summed E-state index contributed by atoms with van der Waals surface area (Å²) in [6, 6.07) is 15.3. The van der Waals surface area contributed by atoms with E-state index in [0.29, 0.717) is 16.5 Å². The molecule has 0 saturated heterocycles. The van der Waals surface area contributed by atoms with Crippen LogP contribution in [-0.2, 0) is 14.9 Å². The molecule has 1 saturated carbocycles. The largest absolute Gasteiger partial charge is 0.468 e. The van der Waals surface area contributed by atoms with Crippen molar-refractivity contribution in [3.8, 4) is 0 Å². The SMILES string of the molecule is COC(=O)[C@@]1(c2ccc(Cl)c(Cl)c2)CC1/C=C/c1ccccc1. The fraction of sp³-hybridized carbons (Fsp3) is 0.211. The molecule has 1 fully saturated rings. The van der Waals surface area contributed by atoms with Crippen LogP contribution in [-0.4, -0.2) is 13.1 Å². The minimum Gasteiger partial charge on any atom is -0.468 e. The molecule has 2 aromatic carbocycles. The first-order valence-corrected chi connectivity index (χ1v) is 8.10. The van der Waals surface area contributed by atoms with Gasteiger partial charge in [-0.15, -0.1) is 0 Å². The summed E-state index contributed by atoms with van der Waals surface area (Å²) in [7, 11) is 1.41. The third-order valence-electron chi connectivity index (χ3n) is 4.32. The van der Waals surface area contributed by atoms with Crippen molar-refractivity contribution in [1.29, 1.82) is 0 Å². The van der Waals surface area contributed by atoms with Crippen molar-refractivity contribution >= 4 is 35.2 Å². The van der Waals surface area contributed by atoms with Crippen LogP contribution in [0, 0.1) is 5.92 Å². The van der Waals surface area contributed by atoms with E-state index in [9.17, 15) is 4.79 Å². The molecule has 1 aliphatic rings. The van der Waals surface area contributed by atoms with Crippen LogP contribution in [0.2, 0.25) is 10.0 Å².